The van der Waals surface area contributed by atoms with Crippen molar-refractivity contribution in [3.05, 3.63) is 46.1 Å². The van der Waals surface area contributed by atoms with Gasteiger partial charge in [0.05, 0.1) is 5.56 Å². The number of alkyl halides is 3. The molecule has 0 aliphatic heterocycles. The Balaban J connectivity index is 2.62. The highest BCUT2D eigenvalue weighted by Crippen LogP contribution is 2.35. The Labute approximate surface area is 127 Å². The average molecular weight is 362 g/mol. The summed E-state index contributed by atoms with van der Waals surface area (Å²) in [5.41, 5.74) is 0.00128. The van der Waals surface area contributed by atoms with Gasteiger partial charge in [-0.15, -0.1) is 0 Å². The number of carbonyl (C=O) groups is 1. The maximum atomic E-state index is 12.9. The Bertz CT molecular complexity index is 692. The van der Waals surface area contributed by atoms with E-state index in [9.17, 15) is 18.0 Å². The summed E-state index contributed by atoms with van der Waals surface area (Å²) < 4.78 is 40.3. The van der Waals surface area contributed by atoms with E-state index in [0.29, 0.717) is 17.8 Å². The van der Waals surface area contributed by atoms with E-state index in [2.05, 4.69) is 15.9 Å². The molecule has 0 amide bonds. The zero-order valence-electron chi connectivity index (χ0n) is 10.9. The molecule has 0 spiro atoms. The minimum atomic E-state index is -4.46. The van der Waals surface area contributed by atoms with Gasteiger partial charge in [-0.3, -0.25) is 0 Å². The van der Waals surface area contributed by atoms with Crippen molar-refractivity contribution in [3.8, 4) is 11.3 Å². The maximum Gasteiger partial charge on any atom is 0.416 e. The Hall–Kier alpha value is -1.76. The van der Waals surface area contributed by atoms with Crippen LogP contribution in [0.25, 0.3) is 11.3 Å². The van der Waals surface area contributed by atoms with Crippen LogP contribution in [0.5, 0.6) is 0 Å². The summed E-state index contributed by atoms with van der Waals surface area (Å²) in [6.07, 6.45) is -4.46. The van der Waals surface area contributed by atoms with Crippen molar-refractivity contribution in [1.82, 2.24) is 4.57 Å². The van der Waals surface area contributed by atoms with Crippen LogP contribution in [-0.4, -0.2) is 15.6 Å². The summed E-state index contributed by atoms with van der Waals surface area (Å²) in [7, 11) is 0. The lowest BCUT2D eigenvalue weighted by molar-refractivity contribution is -0.137. The average Bonchev–Trinajstić information content (AvgIpc) is 2.80. The lowest BCUT2D eigenvalue weighted by Crippen LogP contribution is -2.09. The molecule has 0 saturated heterocycles. The van der Waals surface area contributed by atoms with Gasteiger partial charge in [-0.25, -0.2) is 4.79 Å². The zero-order chi connectivity index (χ0) is 15.8. The van der Waals surface area contributed by atoms with Gasteiger partial charge in [0, 0.05) is 16.7 Å². The number of carboxylic acids is 1. The molecule has 2 rings (SSSR count). The molecule has 0 aliphatic rings. The van der Waals surface area contributed by atoms with Crippen molar-refractivity contribution in [2.75, 3.05) is 0 Å². The fraction of sp³-hybridized carbons (Fsp3) is 0.214. The van der Waals surface area contributed by atoms with Crippen LogP contribution in [0.3, 0.4) is 0 Å². The molecule has 7 heteroatoms. The third-order valence-electron chi connectivity index (χ3n) is 3.04. The fourth-order valence-corrected chi connectivity index (χ4v) is 2.64. The van der Waals surface area contributed by atoms with E-state index in [4.69, 9.17) is 5.11 Å². The predicted octanol–water partition coefficient (Wildman–Crippen LogP) is 4.65. The molecule has 0 atom stereocenters. The first-order chi connectivity index (χ1) is 9.74. The van der Waals surface area contributed by atoms with Gasteiger partial charge in [-0.05, 0) is 42.8 Å². The van der Waals surface area contributed by atoms with Crippen molar-refractivity contribution in [3.63, 3.8) is 0 Å². The molecule has 112 valence electrons. The molecule has 0 unspecified atom stereocenters. The van der Waals surface area contributed by atoms with Gasteiger partial charge in [0.2, 0.25) is 0 Å². The third-order valence-corrected chi connectivity index (χ3v) is 3.49. The summed E-state index contributed by atoms with van der Waals surface area (Å²) in [6, 6.07) is 6.42. The second-order valence-electron chi connectivity index (χ2n) is 4.38. The van der Waals surface area contributed by atoms with Crippen LogP contribution < -0.4 is 0 Å². The Kier molecular flexibility index (Phi) is 4.13. The normalized spacial score (nSPS) is 11.7. The van der Waals surface area contributed by atoms with Crippen LogP contribution in [0.15, 0.2) is 34.8 Å². The Morgan fingerprint density at radius 2 is 1.95 bits per heavy atom. The van der Waals surface area contributed by atoms with E-state index in [1.807, 2.05) is 0 Å². The van der Waals surface area contributed by atoms with Gasteiger partial charge in [-0.1, -0.05) is 15.9 Å². The lowest BCUT2D eigenvalue weighted by atomic mass is 10.1. The molecule has 21 heavy (non-hydrogen) atoms. The highest BCUT2D eigenvalue weighted by molar-refractivity contribution is 9.10. The molecule has 0 aliphatic carbocycles. The SMILES string of the molecule is CCn1c(C(=O)O)ccc1-c1cc(Br)cc(C(F)(F)F)c1. The van der Waals surface area contributed by atoms with E-state index in [-0.39, 0.29) is 10.2 Å². The molecular formula is C14H11BrF3NO2. The molecule has 2 aromatic rings. The van der Waals surface area contributed by atoms with Crippen molar-refractivity contribution >= 4 is 21.9 Å². The smallest absolute Gasteiger partial charge is 0.416 e. The Morgan fingerprint density at radius 3 is 2.48 bits per heavy atom. The molecule has 0 fully saturated rings. The standard InChI is InChI=1S/C14H11BrF3NO2/c1-2-19-11(3-4-12(19)13(20)21)8-5-9(14(16,17)18)7-10(15)6-8/h3-7H,2H2,1H3,(H,20,21). The van der Waals surface area contributed by atoms with Crippen LogP contribution in [0.1, 0.15) is 23.0 Å². The van der Waals surface area contributed by atoms with Crippen molar-refractivity contribution in [1.29, 1.82) is 0 Å². The number of aromatic nitrogens is 1. The number of carboxylic acid groups (broad SMARTS) is 1. The van der Waals surface area contributed by atoms with E-state index >= 15 is 0 Å². The summed E-state index contributed by atoms with van der Waals surface area (Å²) in [6.45, 7) is 2.08. The summed E-state index contributed by atoms with van der Waals surface area (Å²) in [4.78, 5) is 11.1. The molecule has 0 radical (unpaired) electrons. The van der Waals surface area contributed by atoms with Gasteiger partial charge in [-0.2, -0.15) is 13.2 Å². The first-order valence-corrected chi connectivity index (χ1v) is 6.84. The largest absolute Gasteiger partial charge is 0.477 e. The van der Waals surface area contributed by atoms with Crippen molar-refractivity contribution in [2.24, 2.45) is 0 Å². The second-order valence-corrected chi connectivity index (χ2v) is 5.30. The van der Waals surface area contributed by atoms with E-state index in [1.165, 1.54) is 22.8 Å². The molecule has 1 aromatic carbocycles. The summed E-state index contributed by atoms with van der Waals surface area (Å²) >= 11 is 3.06. The number of halogens is 4. The van der Waals surface area contributed by atoms with Crippen LogP contribution >= 0.6 is 15.9 Å². The van der Waals surface area contributed by atoms with E-state index in [0.717, 1.165) is 12.1 Å². The molecule has 0 bridgehead atoms. The van der Waals surface area contributed by atoms with Crippen LogP contribution in [0.2, 0.25) is 0 Å². The quantitative estimate of drug-likeness (QED) is 0.864. The van der Waals surface area contributed by atoms with Gasteiger partial charge in [0.25, 0.3) is 0 Å². The summed E-state index contributed by atoms with van der Waals surface area (Å²) in [5.74, 6) is -1.12. The van der Waals surface area contributed by atoms with Gasteiger partial charge < -0.3 is 9.67 Å². The first-order valence-electron chi connectivity index (χ1n) is 6.05. The molecular weight excluding hydrogens is 351 g/mol. The highest BCUT2D eigenvalue weighted by Gasteiger charge is 2.31. The maximum absolute atomic E-state index is 12.9. The van der Waals surface area contributed by atoms with Crippen LogP contribution in [-0.2, 0) is 12.7 Å². The zero-order valence-corrected chi connectivity index (χ0v) is 12.5. The third kappa shape index (κ3) is 3.12. The van der Waals surface area contributed by atoms with E-state index in [1.54, 1.807) is 6.92 Å². The molecule has 1 aromatic heterocycles. The monoisotopic (exact) mass is 361 g/mol. The highest BCUT2D eigenvalue weighted by atomic mass is 79.9. The number of hydrogen-bond donors (Lipinski definition) is 1. The van der Waals surface area contributed by atoms with Crippen LogP contribution in [0.4, 0.5) is 13.2 Å². The van der Waals surface area contributed by atoms with Crippen molar-refractivity contribution < 1.29 is 23.1 Å². The van der Waals surface area contributed by atoms with Gasteiger partial charge in [0.1, 0.15) is 5.69 Å². The molecule has 1 heterocycles. The first kappa shape index (κ1) is 15.6. The number of hydrogen-bond acceptors (Lipinski definition) is 1. The van der Waals surface area contributed by atoms with E-state index < -0.39 is 17.7 Å². The number of nitrogens with zero attached hydrogens (tertiary/aromatic N) is 1. The lowest BCUT2D eigenvalue weighted by Gasteiger charge is -2.13. The minimum absolute atomic E-state index is 0.0426. The predicted molar refractivity (Wildman–Crippen MR) is 75.2 cm³/mol. The summed E-state index contributed by atoms with van der Waals surface area (Å²) in [5, 5.41) is 9.09. The minimum Gasteiger partial charge on any atom is -0.477 e. The molecule has 0 saturated carbocycles. The molecule has 1 N–H and O–H groups in total. The second kappa shape index (κ2) is 5.55. The number of aromatic carboxylic acids is 1. The van der Waals surface area contributed by atoms with Crippen LogP contribution in [0, 0.1) is 0 Å². The van der Waals surface area contributed by atoms with Gasteiger partial charge in [0.15, 0.2) is 0 Å². The topological polar surface area (TPSA) is 42.2 Å². The fourth-order valence-electron chi connectivity index (χ4n) is 2.15. The van der Waals surface area contributed by atoms with Crippen molar-refractivity contribution in [2.45, 2.75) is 19.6 Å². The number of rotatable bonds is 3. The molecule has 3 nitrogen and oxygen atoms in total. The number of benzene rings is 1. The van der Waals surface area contributed by atoms with Gasteiger partial charge >= 0.3 is 12.1 Å². The Morgan fingerprint density at radius 1 is 1.29 bits per heavy atom.